The third-order valence-electron chi connectivity index (χ3n) is 4.90. The van der Waals surface area contributed by atoms with Gasteiger partial charge >= 0.3 is 0 Å². The predicted molar refractivity (Wildman–Crippen MR) is 97.2 cm³/mol. The lowest BCUT2D eigenvalue weighted by atomic mass is 9.99. The molecular weight excluding hydrogens is 336 g/mol. The highest BCUT2D eigenvalue weighted by atomic mass is 16.5. The molecule has 1 amide bonds. The van der Waals surface area contributed by atoms with Crippen molar-refractivity contribution < 1.29 is 14.6 Å². The van der Waals surface area contributed by atoms with E-state index >= 15 is 0 Å². The summed E-state index contributed by atoms with van der Waals surface area (Å²) in [7, 11) is 3.17. The van der Waals surface area contributed by atoms with Crippen LogP contribution in [0.4, 0.5) is 0 Å². The third kappa shape index (κ3) is 3.71. The Labute approximate surface area is 151 Å². The van der Waals surface area contributed by atoms with Crippen molar-refractivity contribution >= 4 is 16.9 Å². The van der Waals surface area contributed by atoms with E-state index in [-0.39, 0.29) is 17.5 Å². The molecule has 2 atom stereocenters. The maximum absolute atomic E-state index is 12.4. The minimum absolute atomic E-state index is 0.114. The minimum atomic E-state index is -0.470. The third-order valence-corrected chi connectivity index (χ3v) is 4.90. The van der Waals surface area contributed by atoms with Crippen molar-refractivity contribution in [2.24, 2.45) is 0 Å². The van der Waals surface area contributed by atoms with Gasteiger partial charge in [0.15, 0.2) is 0 Å². The van der Waals surface area contributed by atoms with E-state index in [0.717, 1.165) is 0 Å². The fourth-order valence-electron chi connectivity index (χ4n) is 3.43. The zero-order valence-electron chi connectivity index (χ0n) is 15.0. The molecule has 1 aliphatic heterocycles. The summed E-state index contributed by atoms with van der Waals surface area (Å²) in [5, 5.41) is 12.5. The molecule has 1 aliphatic rings. The summed E-state index contributed by atoms with van der Waals surface area (Å²) < 4.78 is 6.90. The fourth-order valence-corrected chi connectivity index (χ4v) is 3.43. The number of methoxy groups -OCH3 is 1. The normalized spacial score (nSPS) is 20.9. The number of nitrogens with one attached hydrogen (secondary N) is 1. The highest BCUT2D eigenvalue weighted by Gasteiger charge is 2.31. The maximum atomic E-state index is 12.4. The minimum Gasteiger partial charge on any atom is -0.497 e. The standard InChI is InChI=1S/C18H24N4O4/c1-19-18(25)16-9-12(23)5-6-21(16)7-8-22-15-10-13(26-2)3-4-14(15)20-11-17(22)24/h3-4,10-12,16,23H,5-9H2,1-2H3,(H,19,25). The van der Waals surface area contributed by atoms with Crippen molar-refractivity contribution in [1.82, 2.24) is 19.8 Å². The number of ether oxygens (including phenoxy) is 1. The molecule has 8 nitrogen and oxygen atoms in total. The molecular formula is C18H24N4O4. The smallest absolute Gasteiger partial charge is 0.269 e. The predicted octanol–water partition coefficient (Wildman–Crippen LogP) is -0.0236. The van der Waals surface area contributed by atoms with Crippen molar-refractivity contribution in [3.8, 4) is 5.75 Å². The van der Waals surface area contributed by atoms with Gasteiger partial charge in [0.25, 0.3) is 5.56 Å². The molecule has 2 heterocycles. The van der Waals surface area contributed by atoms with Gasteiger partial charge in [-0.05, 0) is 25.0 Å². The van der Waals surface area contributed by atoms with E-state index in [1.165, 1.54) is 6.20 Å². The molecule has 1 aromatic heterocycles. The average molecular weight is 360 g/mol. The van der Waals surface area contributed by atoms with E-state index in [0.29, 0.717) is 49.3 Å². The Balaban J connectivity index is 1.85. The number of rotatable bonds is 5. The number of aliphatic hydroxyl groups is 1. The number of likely N-dealkylation sites (tertiary alicyclic amines) is 1. The summed E-state index contributed by atoms with van der Waals surface area (Å²) in [6.07, 6.45) is 1.86. The quantitative estimate of drug-likeness (QED) is 0.778. The van der Waals surface area contributed by atoms with Gasteiger partial charge in [-0.2, -0.15) is 0 Å². The molecule has 0 saturated carbocycles. The monoisotopic (exact) mass is 360 g/mol. The largest absolute Gasteiger partial charge is 0.497 e. The van der Waals surface area contributed by atoms with Crippen LogP contribution in [0.15, 0.2) is 29.2 Å². The number of amides is 1. The van der Waals surface area contributed by atoms with Crippen LogP contribution >= 0.6 is 0 Å². The van der Waals surface area contributed by atoms with Crippen molar-refractivity contribution in [3.63, 3.8) is 0 Å². The van der Waals surface area contributed by atoms with Gasteiger partial charge in [-0.3, -0.25) is 14.5 Å². The summed E-state index contributed by atoms with van der Waals surface area (Å²) in [6, 6.07) is 5.02. The number of piperidine rings is 1. The molecule has 0 aliphatic carbocycles. The van der Waals surface area contributed by atoms with Crippen LogP contribution in [0.25, 0.3) is 11.0 Å². The van der Waals surface area contributed by atoms with E-state index in [2.05, 4.69) is 10.3 Å². The SMILES string of the molecule is CNC(=O)C1CC(O)CCN1CCn1c(=O)cnc2ccc(OC)cc21. The van der Waals surface area contributed by atoms with Crippen LogP contribution in [0.5, 0.6) is 5.75 Å². The summed E-state index contributed by atoms with van der Waals surface area (Å²) in [4.78, 5) is 30.7. The first-order chi connectivity index (χ1) is 12.5. The summed E-state index contributed by atoms with van der Waals surface area (Å²) in [5.41, 5.74) is 1.21. The number of carbonyl (C=O) groups excluding carboxylic acids is 1. The lowest BCUT2D eigenvalue weighted by Gasteiger charge is -2.36. The molecule has 1 aromatic carbocycles. The van der Waals surface area contributed by atoms with Gasteiger partial charge in [0.05, 0.1) is 36.5 Å². The number of carbonyl (C=O) groups is 1. The first-order valence-corrected chi connectivity index (χ1v) is 8.70. The molecule has 2 aromatic rings. The Hall–Kier alpha value is -2.45. The van der Waals surface area contributed by atoms with E-state index in [1.54, 1.807) is 30.9 Å². The topological polar surface area (TPSA) is 96.7 Å². The van der Waals surface area contributed by atoms with Gasteiger partial charge < -0.3 is 19.7 Å². The van der Waals surface area contributed by atoms with Gasteiger partial charge in [0.2, 0.25) is 5.91 Å². The molecule has 2 N–H and O–H groups in total. The second-order valence-corrected chi connectivity index (χ2v) is 6.45. The van der Waals surface area contributed by atoms with E-state index in [9.17, 15) is 14.7 Å². The van der Waals surface area contributed by atoms with Gasteiger partial charge in [-0.25, -0.2) is 4.98 Å². The second-order valence-electron chi connectivity index (χ2n) is 6.45. The van der Waals surface area contributed by atoms with Crippen LogP contribution in [-0.2, 0) is 11.3 Å². The molecule has 0 radical (unpaired) electrons. The molecule has 3 rings (SSSR count). The molecule has 2 unspecified atom stereocenters. The summed E-state index contributed by atoms with van der Waals surface area (Å²) >= 11 is 0. The van der Waals surface area contributed by atoms with Crippen molar-refractivity contribution in [1.29, 1.82) is 0 Å². The summed E-state index contributed by atoms with van der Waals surface area (Å²) in [6.45, 7) is 1.57. The molecule has 140 valence electrons. The Kier molecular flexibility index (Phi) is 5.53. The van der Waals surface area contributed by atoms with Crippen molar-refractivity contribution in [2.75, 3.05) is 27.2 Å². The second kappa shape index (κ2) is 7.84. The van der Waals surface area contributed by atoms with Crippen LogP contribution in [-0.4, -0.2) is 64.9 Å². The number of likely N-dealkylation sites (N-methyl/N-ethyl adjacent to an activating group) is 1. The number of fused-ring (bicyclic) bond motifs is 1. The van der Waals surface area contributed by atoms with Gasteiger partial charge in [0.1, 0.15) is 5.75 Å². The van der Waals surface area contributed by atoms with Crippen molar-refractivity contribution in [3.05, 3.63) is 34.7 Å². The zero-order chi connectivity index (χ0) is 18.7. The highest BCUT2D eigenvalue weighted by molar-refractivity contribution is 5.81. The number of hydrogen-bond donors (Lipinski definition) is 2. The lowest BCUT2D eigenvalue weighted by Crippen LogP contribution is -2.52. The number of benzene rings is 1. The Bertz CT molecular complexity index is 851. The molecule has 1 saturated heterocycles. The van der Waals surface area contributed by atoms with Gasteiger partial charge in [0, 0.05) is 32.7 Å². The maximum Gasteiger partial charge on any atom is 0.269 e. The number of hydrogen-bond acceptors (Lipinski definition) is 6. The molecule has 0 spiro atoms. The van der Waals surface area contributed by atoms with Gasteiger partial charge in [-0.15, -0.1) is 0 Å². The fraction of sp³-hybridized carbons (Fsp3) is 0.500. The number of aromatic nitrogens is 2. The molecule has 8 heteroatoms. The van der Waals surface area contributed by atoms with E-state index in [4.69, 9.17) is 4.74 Å². The molecule has 1 fully saturated rings. The lowest BCUT2D eigenvalue weighted by molar-refractivity contribution is -0.129. The van der Waals surface area contributed by atoms with Crippen LogP contribution in [0.2, 0.25) is 0 Å². The Morgan fingerprint density at radius 3 is 2.96 bits per heavy atom. The van der Waals surface area contributed by atoms with E-state index < -0.39 is 6.10 Å². The highest BCUT2D eigenvalue weighted by Crippen LogP contribution is 2.20. The van der Waals surface area contributed by atoms with Crippen LogP contribution in [0.1, 0.15) is 12.8 Å². The molecule has 0 bridgehead atoms. The van der Waals surface area contributed by atoms with E-state index in [1.807, 2.05) is 11.0 Å². The number of aliphatic hydroxyl groups excluding tert-OH is 1. The first kappa shape index (κ1) is 18.3. The first-order valence-electron chi connectivity index (χ1n) is 8.70. The van der Waals surface area contributed by atoms with Crippen LogP contribution in [0, 0.1) is 0 Å². The number of nitrogens with zero attached hydrogens (tertiary/aromatic N) is 3. The molecule has 26 heavy (non-hydrogen) atoms. The van der Waals surface area contributed by atoms with Gasteiger partial charge in [-0.1, -0.05) is 0 Å². The van der Waals surface area contributed by atoms with Crippen molar-refractivity contribution in [2.45, 2.75) is 31.5 Å². The average Bonchev–Trinajstić information content (AvgIpc) is 2.66. The summed E-state index contributed by atoms with van der Waals surface area (Å²) in [5.74, 6) is 0.542. The zero-order valence-corrected chi connectivity index (χ0v) is 15.0. The van der Waals surface area contributed by atoms with Crippen LogP contribution in [0.3, 0.4) is 0 Å². The van der Waals surface area contributed by atoms with Crippen LogP contribution < -0.4 is 15.6 Å². The Morgan fingerprint density at radius 2 is 2.23 bits per heavy atom. The Morgan fingerprint density at radius 1 is 1.42 bits per heavy atom.